The number of carbonyl (C=O) groups is 1. The van der Waals surface area contributed by atoms with Crippen molar-refractivity contribution in [2.24, 2.45) is 0 Å². The lowest BCUT2D eigenvalue weighted by Gasteiger charge is -2.05. The Hall–Kier alpha value is -1.34. The lowest BCUT2D eigenvalue weighted by molar-refractivity contribution is -0.111. The molecule has 0 amide bonds. The summed E-state index contributed by atoms with van der Waals surface area (Å²) in [6.07, 6.45) is 9.46. The summed E-state index contributed by atoms with van der Waals surface area (Å²) in [7, 11) is 0. The average molecular weight is 219 g/mol. The lowest BCUT2D eigenvalue weighted by atomic mass is 10.0. The maximum absolute atomic E-state index is 10.8. The van der Waals surface area contributed by atoms with Crippen LogP contribution < -0.4 is 0 Å². The Morgan fingerprint density at radius 2 is 2.20 bits per heavy atom. The summed E-state index contributed by atoms with van der Waals surface area (Å²) in [6, 6.07) is 6.04. The fraction of sp³-hybridized carbons (Fsp3) is 0.154. The van der Waals surface area contributed by atoms with E-state index in [4.69, 9.17) is 11.6 Å². The number of hydrogen-bond acceptors (Lipinski definition) is 1. The molecule has 1 aromatic rings. The highest BCUT2D eigenvalue weighted by Gasteiger charge is 2.04. The number of carbonyl (C=O) groups excluding carboxylic acids is 1. The van der Waals surface area contributed by atoms with Crippen LogP contribution in [0.25, 0.3) is 6.08 Å². The van der Waals surface area contributed by atoms with Crippen LogP contribution in [0, 0.1) is 0 Å². The number of benzene rings is 1. The minimum absolute atomic E-state index is 0.308. The van der Waals surface area contributed by atoms with E-state index in [1.54, 1.807) is 0 Å². The van der Waals surface area contributed by atoms with E-state index < -0.39 is 0 Å². The second-order valence-corrected chi connectivity index (χ2v) is 3.98. The molecule has 1 aromatic carbocycles. The molecule has 76 valence electrons. The molecule has 0 heterocycles. The van der Waals surface area contributed by atoms with Crippen molar-refractivity contribution in [2.45, 2.75) is 12.8 Å². The summed E-state index contributed by atoms with van der Waals surface area (Å²) in [4.78, 5) is 10.8. The van der Waals surface area contributed by atoms with Crippen molar-refractivity contribution in [3.8, 4) is 0 Å². The molecule has 0 unspecified atom stereocenters. The molecular formula is C13H11ClO. The summed E-state index contributed by atoms with van der Waals surface area (Å²) in [6.45, 7) is 0. The van der Waals surface area contributed by atoms with Crippen LogP contribution in [0.2, 0.25) is 0 Å². The predicted octanol–water partition coefficient (Wildman–Crippen LogP) is 3.12. The SMILES string of the molecule is O=C(Cl)Cc1ccc2c(c1)CC=CC=C2. The highest BCUT2D eigenvalue weighted by molar-refractivity contribution is 6.63. The topological polar surface area (TPSA) is 17.1 Å². The molecule has 0 fully saturated rings. The first-order chi connectivity index (χ1) is 7.25. The monoisotopic (exact) mass is 218 g/mol. The first-order valence-corrected chi connectivity index (χ1v) is 5.27. The summed E-state index contributed by atoms with van der Waals surface area (Å²) in [5, 5.41) is -0.311. The van der Waals surface area contributed by atoms with Crippen LogP contribution in [0.5, 0.6) is 0 Å². The molecule has 0 N–H and O–H groups in total. The third kappa shape index (κ3) is 2.57. The van der Waals surface area contributed by atoms with E-state index >= 15 is 0 Å². The minimum Gasteiger partial charge on any atom is -0.281 e. The maximum Gasteiger partial charge on any atom is 0.226 e. The van der Waals surface area contributed by atoms with Gasteiger partial charge in [0.1, 0.15) is 0 Å². The Morgan fingerprint density at radius 3 is 3.00 bits per heavy atom. The van der Waals surface area contributed by atoms with Crippen LogP contribution in [0.4, 0.5) is 0 Å². The van der Waals surface area contributed by atoms with E-state index in [1.165, 1.54) is 11.1 Å². The van der Waals surface area contributed by atoms with Gasteiger partial charge >= 0.3 is 0 Å². The lowest BCUT2D eigenvalue weighted by Crippen LogP contribution is -1.96. The molecule has 0 aromatic heterocycles. The van der Waals surface area contributed by atoms with Crippen molar-refractivity contribution < 1.29 is 4.79 Å². The quantitative estimate of drug-likeness (QED) is 0.698. The predicted molar refractivity (Wildman–Crippen MR) is 62.9 cm³/mol. The number of halogens is 1. The Bertz CT molecular complexity index is 444. The zero-order valence-electron chi connectivity index (χ0n) is 8.24. The van der Waals surface area contributed by atoms with Crippen molar-refractivity contribution in [3.63, 3.8) is 0 Å². The molecule has 1 aliphatic rings. The van der Waals surface area contributed by atoms with Gasteiger partial charge in [-0.15, -0.1) is 0 Å². The zero-order chi connectivity index (χ0) is 10.7. The Balaban J connectivity index is 2.33. The van der Waals surface area contributed by atoms with E-state index in [0.29, 0.717) is 6.42 Å². The summed E-state index contributed by atoms with van der Waals surface area (Å²) < 4.78 is 0. The van der Waals surface area contributed by atoms with Crippen molar-refractivity contribution >= 4 is 22.9 Å². The van der Waals surface area contributed by atoms with Gasteiger partial charge in [0.2, 0.25) is 5.24 Å². The Morgan fingerprint density at radius 1 is 1.33 bits per heavy atom. The van der Waals surface area contributed by atoms with Crippen molar-refractivity contribution in [1.29, 1.82) is 0 Å². The first-order valence-electron chi connectivity index (χ1n) is 4.89. The first kappa shape index (κ1) is 10.2. The minimum atomic E-state index is -0.311. The molecule has 2 heteroatoms. The smallest absolute Gasteiger partial charge is 0.226 e. The fourth-order valence-corrected chi connectivity index (χ4v) is 1.86. The highest BCUT2D eigenvalue weighted by atomic mass is 35.5. The van der Waals surface area contributed by atoms with Crippen LogP contribution in [-0.4, -0.2) is 5.24 Å². The molecule has 0 radical (unpaired) electrons. The van der Waals surface area contributed by atoms with Crippen molar-refractivity contribution in [1.82, 2.24) is 0 Å². The van der Waals surface area contributed by atoms with Gasteiger partial charge in [-0.2, -0.15) is 0 Å². The summed E-state index contributed by atoms with van der Waals surface area (Å²) in [5.74, 6) is 0. The van der Waals surface area contributed by atoms with Gasteiger partial charge in [-0.25, -0.2) is 0 Å². The molecule has 1 nitrogen and oxygen atoms in total. The molecule has 15 heavy (non-hydrogen) atoms. The van der Waals surface area contributed by atoms with Gasteiger partial charge < -0.3 is 0 Å². The number of allylic oxidation sites excluding steroid dienone is 3. The second-order valence-electron chi connectivity index (χ2n) is 3.56. The van der Waals surface area contributed by atoms with Crippen LogP contribution >= 0.6 is 11.6 Å². The summed E-state index contributed by atoms with van der Waals surface area (Å²) in [5.41, 5.74) is 3.44. The van der Waals surface area contributed by atoms with Gasteiger partial charge in [0.25, 0.3) is 0 Å². The number of fused-ring (bicyclic) bond motifs is 1. The number of rotatable bonds is 2. The van der Waals surface area contributed by atoms with Gasteiger partial charge in [-0.3, -0.25) is 4.79 Å². The van der Waals surface area contributed by atoms with Crippen molar-refractivity contribution in [3.05, 3.63) is 53.1 Å². The van der Waals surface area contributed by atoms with Crippen LogP contribution in [0.3, 0.4) is 0 Å². The maximum atomic E-state index is 10.8. The van der Waals surface area contributed by atoms with Gasteiger partial charge in [-0.1, -0.05) is 42.5 Å². The molecule has 0 saturated heterocycles. The van der Waals surface area contributed by atoms with Crippen LogP contribution in [0.15, 0.2) is 36.4 Å². The fourth-order valence-electron chi connectivity index (χ4n) is 1.70. The summed E-state index contributed by atoms with van der Waals surface area (Å²) >= 11 is 5.36. The van der Waals surface area contributed by atoms with Gasteiger partial charge in [0, 0.05) is 6.42 Å². The molecule has 1 aliphatic carbocycles. The molecule has 0 spiro atoms. The average Bonchev–Trinajstić information content (AvgIpc) is 2.41. The van der Waals surface area contributed by atoms with Gasteiger partial charge in [-0.05, 0) is 34.7 Å². The van der Waals surface area contributed by atoms with E-state index in [2.05, 4.69) is 18.2 Å². The van der Waals surface area contributed by atoms with E-state index in [-0.39, 0.29) is 5.24 Å². The molecule has 0 saturated carbocycles. The zero-order valence-corrected chi connectivity index (χ0v) is 9.00. The van der Waals surface area contributed by atoms with E-state index in [1.807, 2.05) is 24.3 Å². The Labute approximate surface area is 94.1 Å². The molecule has 0 atom stereocenters. The van der Waals surface area contributed by atoms with E-state index in [9.17, 15) is 4.79 Å². The van der Waals surface area contributed by atoms with Crippen molar-refractivity contribution in [2.75, 3.05) is 0 Å². The second kappa shape index (κ2) is 4.45. The van der Waals surface area contributed by atoms with Crippen LogP contribution in [-0.2, 0) is 17.6 Å². The van der Waals surface area contributed by atoms with Gasteiger partial charge in [0.05, 0.1) is 0 Å². The molecule has 0 aliphatic heterocycles. The molecular weight excluding hydrogens is 208 g/mol. The Kier molecular flexibility index (Phi) is 3.02. The third-order valence-electron chi connectivity index (χ3n) is 2.41. The standard InChI is InChI=1S/C13H11ClO/c14-13(15)9-10-6-7-11-4-2-1-3-5-12(11)8-10/h1-4,6-8H,5,9H2. The van der Waals surface area contributed by atoms with Gasteiger partial charge in [0.15, 0.2) is 0 Å². The number of hydrogen-bond donors (Lipinski definition) is 0. The molecule has 2 rings (SSSR count). The van der Waals surface area contributed by atoms with Crippen LogP contribution in [0.1, 0.15) is 16.7 Å². The highest BCUT2D eigenvalue weighted by Crippen LogP contribution is 2.18. The largest absolute Gasteiger partial charge is 0.281 e. The normalized spacial score (nSPS) is 13.4. The van der Waals surface area contributed by atoms with E-state index in [0.717, 1.165) is 12.0 Å². The molecule has 0 bridgehead atoms. The third-order valence-corrected chi connectivity index (χ3v) is 2.54.